The molecule has 0 saturated heterocycles. The summed E-state index contributed by atoms with van der Waals surface area (Å²) in [6.45, 7) is 6.60. The van der Waals surface area contributed by atoms with Crippen LogP contribution in [0.3, 0.4) is 0 Å². The van der Waals surface area contributed by atoms with Gasteiger partial charge in [-0.15, -0.1) is 0 Å². The maximum absolute atomic E-state index is 14.3. The van der Waals surface area contributed by atoms with Crippen LogP contribution in [0.25, 0.3) is 0 Å². The van der Waals surface area contributed by atoms with Crippen LogP contribution in [0.15, 0.2) is 65.6 Å². The van der Waals surface area contributed by atoms with Crippen LogP contribution in [0.5, 0.6) is 0 Å². The Morgan fingerprint density at radius 2 is 1.51 bits per heavy atom. The molecule has 7 nitrogen and oxygen atoms in total. The molecule has 1 saturated carbocycles. The summed E-state index contributed by atoms with van der Waals surface area (Å²) in [7, 11) is -4.16. The summed E-state index contributed by atoms with van der Waals surface area (Å²) in [5, 5.41) is 3.80. The second kappa shape index (κ2) is 14.1. The second-order valence-corrected chi connectivity index (χ2v) is 14.0. The number of halogens is 2. The van der Waals surface area contributed by atoms with Crippen molar-refractivity contribution in [3.8, 4) is 0 Å². The van der Waals surface area contributed by atoms with E-state index in [0.717, 1.165) is 47.5 Å². The first-order valence-corrected chi connectivity index (χ1v) is 16.8. The summed E-state index contributed by atoms with van der Waals surface area (Å²) in [5.74, 6) is -0.859. The van der Waals surface area contributed by atoms with Crippen molar-refractivity contribution in [2.75, 3.05) is 10.8 Å². The molecule has 230 valence electrons. The van der Waals surface area contributed by atoms with Gasteiger partial charge in [-0.1, -0.05) is 78.4 Å². The van der Waals surface area contributed by atoms with Crippen LogP contribution < -0.4 is 9.62 Å². The molecular formula is C33H39Cl2N3O4S. The summed E-state index contributed by atoms with van der Waals surface area (Å²) in [6, 6.07) is 16.2. The molecule has 0 aromatic heterocycles. The molecule has 0 heterocycles. The molecule has 0 bridgehead atoms. The Labute approximate surface area is 265 Å². The van der Waals surface area contributed by atoms with E-state index < -0.39 is 28.5 Å². The molecule has 0 radical (unpaired) electrons. The zero-order valence-electron chi connectivity index (χ0n) is 25.1. The van der Waals surface area contributed by atoms with Crippen molar-refractivity contribution in [2.45, 2.75) is 83.3 Å². The molecule has 3 aromatic rings. The molecule has 4 rings (SSSR count). The Balaban J connectivity index is 1.74. The predicted molar refractivity (Wildman–Crippen MR) is 173 cm³/mol. The predicted octanol–water partition coefficient (Wildman–Crippen LogP) is 6.98. The van der Waals surface area contributed by atoms with Crippen molar-refractivity contribution < 1.29 is 18.0 Å². The van der Waals surface area contributed by atoms with Crippen molar-refractivity contribution in [1.29, 1.82) is 0 Å². The van der Waals surface area contributed by atoms with E-state index in [-0.39, 0.29) is 23.4 Å². The number of carbonyl (C=O) groups excluding carboxylic acids is 2. The Bertz CT molecular complexity index is 1550. The summed E-state index contributed by atoms with van der Waals surface area (Å²) >= 11 is 13.0. The van der Waals surface area contributed by atoms with E-state index in [4.69, 9.17) is 23.2 Å². The normalized spacial score (nSPS) is 14.7. The van der Waals surface area contributed by atoms with Crippen LogP contribution >= 0.6 is 23.2 Å². The first kappa shape index (κ1) is 32.8. The third-order valence-corrected chi connectivity index (χ3v) is 10.5. The largest absolute Gasteiger partial charge is 0.352 e. The molecule has 2 amide bonds. The Hall–Kier alpha value is -3.07. The number of carbonyl (C=O) groups is 2. The third kappa shape index (κ3) is 7.91. The van der Waals surface area contributed by atoms with Crippen LogP contribution in [-0.2, 0) is 26.2 Å². The lowest BCUT2D eigenvalue weighted by Crippen LogP contribution is -2.53. The van der Waals surface area contributed by atoms with Gasteiger partial charge in [-0.25, -0.2) is 8.42 Å². The van der Waals surface area contributed by atoms with Crippen molar-refractivity contribution in [3.05, 3.63) is 93.0 Å². The molecule has 10 heteroatoms. The van der Waals surface area contributed by atoms with Gasteiger partial charge < -0.3 is 10.2 Å². The molecule has 1 aliphatic carbocycles. The molecular weight excluding hydrogens is 605 g/mol. The van der Waals surface area contributed by atoms with E-state index in [2.05, 4.69) is 5.32 Å². The smallest absolute Gasteiger partial charge is 0.264 e. The third-order valence-electron chi connectivity index (χ3n) is 8.03. The molecule has 1 atom stereocenters. The van der Waals surface area contributed by atoms with E-state index in [0.29, 0.717) is 26.9 Å². The summed E-state index contributed by atoms with van der Waals surface area (Å²) in [6.07, 6.45) is 4.99. The van der Waals surface area contributed by atoms with Crippen molar-refractivity contribution >= 4 is 50.7 Å². The average molecular weight is 645 g/mol. The van der Waals surface area contributed by atoms with Gasteiger partial charge in [-0.3, -0.25) is 13.9 Å². The van der Waals surface area contributed by atoms with Crippen LogP contribution in [0, 0.1) is 20.8 Å². The molecule has 0 unspecified atom stereocenters. The Morgan fingerprint density at radius 3 is 2.14 bits per heavy atom. The minimum absolute atomic E-state index is 0.0397. The molecule has 3 aromatic carbocycles. The average Bonchev–Trinajstić information content (AvgIpc) is 2.97. The Morgan fingerprint density at radius 1 is 0.907 bits per heavy atom. The van der Waals surface area contributed by atoms with E-state index in [1.165, 1.54) is 17.0 Å². The van der Waals surface area contributed by atoms with Crippen LogP contribution in [0.1, 0.15) is 61.3 Å². The number of nitrogens with zero attached hydrogens (tertiary/aromatic N) is 2. The molecule has 1 fully saturated rings. The summed E-state index contributed by atoms with van der Waals surface area (Å²) in [4.78, 5) is 29.2. The van der Waals surface area contributed by atoms with Crippen molar-refractivity contribution in [3.63, 3.8) is 0 Å². The summed E-state index contributed by atoms with van der Waals surface area (Å²) < 4.78 is 29.4. The van der Waals surface area contributed by atoms with Gasteiger partial charge in [0.15, 0.2) is 0 Å². The standard InChI is InChI=1S/C33H39Cl2N3O4S/c1-22-14-17-27(18-15-22)43(41,42)38(31-19-23(2)13-16-24(31)3)21-32(39)37(20-28-29(34)11-8-12-30(28)35)25(4)33(40)36-26-9-6-5-7-10-26/h8,11-19,25-26H,5-7,9-10,20-21H2,1-4H3,(H,36,40)/t25-/m1/s1. The van der Waals surface area contributed by atoms with Crippen LogP contribution in [0.2, 0.25) is 10.0 Å². The number of nitrogens with one attached hydrogen (secondary N) is 1. The van der Waals surface area contributed by atoms with Gasteiger partial charge in [-0.05, 0) is 82.0 Å². The van der Waals surface area contributed by atoms with Crippen molar-refractivity contribution in [1.82, 2.24) is 10.2 Å². The fraction of sp³-hybridized carbons (Fsp3) is 0.394. The lowest BCUT2D eigenvalue weighted by molar-refractivity contribution is -0.139. The lowest BCUT2D eigenvalue weighted by Gasteiger charge is -2.34. The maximum Gasteiger partial charge on any atom is 0.264 e. The fourth-order valence-corrected chi connectivity index (χ4v) is 7.33. The molecule has 43 heavy (non-hydrogen) atoms. The van der Waals surface area contributed by atoms with Gasteiger partial charge in [0, 0.05) is 28.2 Å². The number of anilines is 1. The molecule has 0 aliphatic heterocycles. The van der Waals surface area contributed by atoms with Crippen molar-refractivity contribution in [2.24, 2.45) is 0 Å². The molecule has 0 spiro atoms. The molecule has 1 N–H and O–H groups in total. The van der Waals surface area contributed by atoms with Gasteiger partial charge >= 0.3 is 0 Å². The van der Waals surface area contributed by atoms with E-state index in [1.807, 2.05) is 26.0 Å². The quantitative estimate of drug-likeness (QED) is 0.258. The van der Waals surface area contributed by atoms with E-state index in [9.17, 15) is 18.0 Å². The van der Waals surface area contributed by atoms with E-state index >= 15 is 0 Å². The topological polar surface area (TPSA) is 86.8 Å². The molecule has 1 aliphatic rings. The highest BCUT2D eigenvalue weighted by molar-refractivity contribution is 7.92. The summed E-state index contributed by atoms with van der Waals surface area (Å²) in [5.41, 5.74) is 3.32. The van der Waals surface area contributed by atoms with Gasteiger partial charge in [0.25, 0.3) is 10.0 Å². The van der Waals surface area contributed by atoms with Gasteiger partial charge in [-0.2, -0.15) is 0 Å². The Kier molecular flexibility index (Phi) is 10.8. The van der Waals surface area contributed by atoms with Gasteiger partial charge in [0.1, 0.15) is 12.6 Å². The van der Waals surface area contributed by atoms with E-state index in [1.54, 1.807) is 50.2 Å². The highest BCUT2D eigenvalue weighted by atomic mass is 35.5. The zero-order valence-corrected chi connectivity index (χ0v) is 27.4. The number of amides is 2. The number of rotatable bonds is 10. The maximum atomic E-state index is 14.3. The fourth-order valence-electron chi connectivity index (χ4n) is 5.34. The monoisotopic (exact) mass is 643 g/mol. The van der Waals surface area contributed by atoms with Gasteiger partial charge in [0.2, 0.25) is 11.8 Å². The highest BCUT2D eigenvalue weighted by Gasteiger charge is 2.34. The van der Waals surface area contributed by atoms with Gasteiger partial charge in [0.05, 0.1) is 10.6 Å². The minimum Gasteiger partial charge on any atom is -0.352 e. The SMILES string of the molecule is Cc1ccc(S(=O)(=O)N(CC(=O)N(Cc2c(Cl)cccc2Cl)[C@H](C)C(=O)NC2CCCCC2)c2cc(C)ccc2C)cc1. The highest BCUT2D eigenvalue weighted by Crippen LogP contribution is 2.30. The lowest BCUT2D eigenvalue weighted by atomic mass is 9.95. The number of aryl methyl sites for hydroxylation is 3. The number of hydrogen-bond donors (Lipinski definition) is 1. The minimum atomic E-state index is -4.16. The second-order valence-electron chi connectivity index (χ2n) is 11.4. The zero-order chi connectivity index (χ0) is 31.3. The van der Waals surface area contributed by atoms with Crippen LogP contribution in [0.4, 0.5) is 5.69 Å². The number of hydrogen-bond acceptors (Lipinski definition) is 4. The first-order valence-electron chi connectivity index (χ1n) is 14.6. The van der Waals surface area contributed by atoms with Crippen LogP contribution in [-0.4, -0.2) is 43.8 Å². The first-order chi connectivity index (χ1) is 20.4. The number of benzene rings is 3. The number of sulfonamides is 1.